The average molecular weight is 431 g/mol. The van der Waals surface area contributed by atoms with E-state index < -0.39 is 43.6 Å². The van der Waals surface area contributed by atoms with E-state index in [1.807, 2.05) is 0 Å². The fourth-order valence-corrected chi connectivity index (χ4v) is 4.34. The van der Waals surface area contributed by atoms with Crippen molar-refractivity contribution in [1.29, 1.82) is 0 Å². The Morgan fingerprint density at radius 2 is 2.03 bits per heavy atom. The van der Waals surface area contributed by atoms with E-state index >= 15 is 0 Å². The molecule has 0 aromatic carbocycles. The normalized spacial score (nSPS) is 28.6. The highest BCUT2D eigenvalue weighted by Crippen LogP contribution is 2.51. The summed E-state index contributed by atoms with van der Waals surface area (Å²) >= 11 is 0. The lowest BCUT2D eigenvalue weighted by molar-refractivity contribution is -0.0621. The van der Waals surface area contributed by atoms with E-state index in [1.165, 1.54) is 24.7 Å². The van der Waals surface area contributed by atoms with E-state index in [1.54, 1.807) is 6.92 Å². The van der Waals surface area contributed by atoms with Crippen molar-refractivity contribution in [2.75, 3.05) is 5.73 Å². The van der Waals surface area contributed by atoms with E-state index in [4.69, 9.17) is 15.0 Å². The maximum absolute atomic E-state index is 12.0. The van der Waals surface area contributed by atoms with Crippen molar-refractivity contribution in [2.24, 2.45) is 0 Å². The lowest BCUT2D eigenvalue weighted by Crippen LogP contribution is -2.37. The Morgan fingerprint density at radius 3 is 2.66 bits per heavy atom. The smallest absolute Gasteiger partial charge is 0.356 e. The number of hydrogen-bond acceptors (Lipinski definition) is 10. The number of nitrogen functional groups attached to an aromatic ring is 1. The summed E-state index contributed by atoms with van der Waals surface area (Å²) in [5.74, 6) is -0.944. The molecule has 3 heterocycles. The van der Waals surface area contributed by atoms with Gasteiger partial charge in [-0.25, -0.2) is 15.0 Å². The molecule has 1 aliphatic heterocycles. The van der Waals surface area contributed by atoms with Crippen LogP contribution in [0.25, 0.3) is 11.2 Å². The molecule has 12 nitrogen and oxygen atoms in total. The maximum atomic E-state index is 12.0. The third kappa shape index (κ3) is 4.15. The van der Waals surface area contributed by atoms with Gasteiger partial charge in [0.15, 0.2) is 29.1 Å². The molecular weight excluding hydrogens is 405 g/mol. The molecule has 29 heavy (non-hydrogen) atoms. The summed E-state index contributed by atoms with van der Waals surface area (Å²) in [7, 11) is -4.28. The minimum atomic E-state index is -4.28. The molecule has 0 amide bonds. The number of aliphatic hydroxyl groups excluding tert-OH is 3. The molecule has 0 saturated carbocycles. The Hall–Kier alpha value is -1.66. The topological polar surface area (TPSA) is 186 Å². The molecule has 1 aliphatic rings. The van der Waals surface area contributed by atoms with Gasteiger partial charge in [0.2, 0.25) is 0 Å². The van der Waals surface area contributed by atoms with Crippen molar-refractivity contribution in [1.82, 2.24) is 19.5 Å². The molecule has 2 aromatic heterocycles. The number of aromatic nitrogens is 4. The molecule has 13 heteroatoms. The number of hydrogen-bond donors (Lipinski definition) is 5. The standard InChI is InChI=1S/C16H26N5O7P/c1-7-20-10-13(17)18-6-19-14(10)21(7)15-12(24)11(23)9(27-15)5-16(3,4)28-29(25,26)8(2)22/h6,8-9,11-12,15,22-24H,5H2,1-4H3,(H,25,26)(H2,17,18,19)/t8?,9?,11?,12-,15-/m1/s1. The second-order valence-corrected chi connectivity index (χ2v) is 9.82. The van der Waals surface area contributed by atoms with Crippen molar-refractivity contribution in [3.8, 4) is 0 Å². The second kappa shape index (κ2) is 7.55. The Labute approximate surface area is 166 Å². The highest BCUT2D eigenvalue weighted by Gasteiger charge is 2.48. The van der Waals surface area contributed by atoms with Crippen LogP contribution in [-0.2, 0) is 13.8 Å². The molecule has 3 rings (SSSR count). The summed E-state index contributed by atoms with van der Waals surface area (Å²) in [5.41, 5.74) is 5.28. The van der Waals surface area contributed by atoms with Gasteiger partial charge in [-0.2, -0.15) is 0 Å². The number of nitrogens with zero attached hydrogens (tertiary/aromatic N) is 4. The van der Waals surface area contributed by atoms with Crippen LogP contribution in [0.15, 0.2) is 6.33 Å². The van der Waals surface area contributed by atoms with Gasteiger partial charge in [0.05, 0.1) is 11.7 Å². The number of aliphatic hydroxyl groups is 3. The molecule has 162 valence electrons. The van der Waals surface area contributed by atoms with Gasteiger partial charge in [-0.3, -0.25) is 9.13 Å². The van der Waals surface area contributed by atoms with E-state index in [9.17, 15) is 24.8 Å². The molecular formula is C16H26N5O7P. The molecule has 2 aromatic rings. The van der Waals surface area contributed by atoms with E-state index in [-0.39, 0.29) is 12.2 Å². The third-order valence-electron chi connectivity index (χ3n) is 4.82. The number of fused-ring (bicyclic) bond motifs is 1. The summed E-state index contributed by atoms with van der Waals surface area (Å²) in [6.45, 7) is 5.88. The highest BCUT2D eigenvalue weighted by molar-refractivity contribution is 7.53. The fraction of sp³-hybridized carbons (Fsp3) is 0.688. The first kappa shape index (κ1) is 22.0. The zero-order valence-corrected chi connectivity index (χ0v) is 17.4. The number of imidazole rings is 1. The lowest BCUT2D eigenvalue weighted by Gasteiger charge is -2.31. The predicted molar refractivity (Wildman–Crippen MR) is 102 cm³/mol. The number of nitrogens with two attached hydrogens (primary N) is 1. The molecule has 4 unspecified atom stereocenters. The number of anilines is 1. The first-order chi connectivity index (χ1) is 13.3. The molecule has 1 fully saturated rings. The lowest BCUT2D eigenvalue weighted by atomic mass is 9.97. The van der Waals surface area contributed by atoms with Gasteiger partial charge in [-0.05, 0) is 27.7 Å². The number of rotatable bonds is 6. The molecule has 6 N–H and O–H groups in total. The summed E-state index contributed by atoms with van der Waals surface area (Å²) in [6.07, 6.45) is -3.32. The fourth-order valence-electron chi connectivity index (χ4n) is 3.40. The quantitative estimate of drug-likeness (QED) is 0.389. The summed E-state index contributed by atoms with van der Waals surface area (Å²) < 4.78 is 24.6. The van der Waals surface area contributed by atoms with Crippen LogP contribution in [0.1, 0.15) is 39.2 Å². The largest absolute Gasteiger partial charge is 0.388 e. The van der Waals surface area contributed by atoms with Gasteiger partial charge >= 0.3 is 7.60 Å². The van der Waals surface area contributed by atoms with Crippen molar-refractivity contribution in [3.63, 3.8) is 0 Å². The second-order valence-electron chi connectivity index (χ2n) is 7.76. The molecule has 0 radical (unpaired) electrons. The Kier molecular flexibility index (Phi) is 5.73. The van der Waals surface area contributed by atoms with Crippen LogP contribution in [0.2, 0.25) is 0 Å². The van der Waals surface area contributed by atoms with Crippen molar-refractivity contribution >= 4 is 24.6 Å². The zero-order valence-electron chi connectivity index (χ0n) is 16.5. The maximum Gasteiger partial charge on any atom is 0.356 e. The van der Waals surface area contributed by atoms with Gasteiger partial charge in [-0.1, -0.05) is 0 Å². The SMILES string of the molecule is Cc1nc2c(N)ncnc2n1[C@@H]1OC(CC(C)(C)OP(=O)(O)C(C)O)C(O)[C@H]1O. The van der Waals surface area contributed by atoms with Crippen molar-refractivity contribution in [2.45, 2.75) is 70.1 Å². The molecule has 6 atom stereocenters. The molecule has 0 bridgehead atoms. The summed E-state index contributed by atoms with van der Waals surface area (Å²) in [4.78, 5) is 22.1. The van der Waals surface area contributed by atoms with Gasteiger partial charge < -0.3 is 35.2 Å². The Bertz CT molecular complexity index is 949. The molecule has 0 aliphatic carbocycles. The van der Waals surface area contributed by atoms with Crippen LogP contribution in [0.4, 0.5) is 5.82 Å². The van der Waals surface area contributed by atoms with E-state index in [0.717, 1.165) is 6.92 Å². The van der Waals surface area contributed by atoms with Gasteiger partial charge in [0.1, 0.15) is 24.4 Å². The van der Waals surface area contributed by atoms with Crippen molar-refractivity contribution in [3.05, 3.63) is 12.2 Å². The van der Waals surface area contributed by atoms with Crippen LogP contribution in [0.3, 0.4) is 0 Å². The zero-order chi connectivity index (χ0) is 21.7. The van der Waals surface area contributed by atoms with E-state index in [2.05, 4.69) is 15.0 Å². The van der Waals surface area contributed by atoms with Crippen molar-refractivity contribution < 1.29 is 34.0 Å². The molecule has 1 saturated heterocycles. The average Bonchev–Trinajstić information content (AvgIpc) is 3.05. The highest BCUT2D eigenvalue weighted by atomic mass is 31.2. The predicted octanol–water partition coefficient (Wildman–Crippen LogP) is 0.0451. The minimum absolute atomic E-state index is 0.0260. The van der Waals surface area contributed by atoms with Crippen LogP contribution < -0.4 is 5.73 Å². The number of aryl methyl sites for hydroxylation is 1. The van der Waals surface area contributed by atoms with Crippen LogP contribution in [0.5, 0.6) is 0 Å². The van der Waals surface area contributed by atoms with Crippen LogP contribution in [-0.4, -0.2) is 69.5 Å². The van der Waals surface area contributed by atoms with Crippen LogP contribution in [0, 0.1) is 6.92 Å². The van der Waals surface area contributed by atoms with E-state index in [0.29, 0.717) is 17.0 Å². The Morgan fingerprint density at radius 1 is 1.38 bits per heavy atom. The summed E-state index contributed by atoms with van der Waals surface area (Å²) in [6, 6.07) is 0. The monoisotopic (exact) mass is 431 g/mol. The first-order valence-corrected chi connectivity index (χ1v) is 10.7. The third-order valence-corrected chi connectivity index (χ3v) is 6.52. The Balaban J connectivity index is 1.85. The van der Waals surface area contributed by atoms with Gasteiger partial charge in [-0.15, -0.1) is 0 Å². The number of ether oxygens (including phenoxy) is 1. The van der Waals surface area contributed by atoms with Gasteiger partial charge in [0.25, 0.3) is 0 Å². The van der Waals surface area contributed by atoms with Gasteiger partial charge in [0, 0.05) is 6.42 Å². The minimum Gasteiger partial charge on any atom is -0.388 e. The van der Waals surface area contributed by atoms with Crippen LogP contribution >= 0.6 is 7.60 Å². The summed E-state index contributed by atoms with van der Waals surface area (Å²) in [5, 5.41) is 30.5. The first-order valence-electron chi connectivity index (χ1n) is 9.02. The molecule has 0 spiro atoms.